The molecule has 102 valence electrons. The smallest absolute Gasteiger partial charge is 0.270 e. The number of methoxy groups -OCH3 is 1. The summed E-state index contributed by atoms with van der Waals surface area (Å²) in [4.78, 5) is 16.5. The van der Waals surface area contributed by atoms with Gasteiger partial charge in [-0.1, -0.05) is 0 Å². The second-order valence-electron chi connectivity index (χ2n) is 4.38. The van der Waals surface area contributed by atoms with Crippen molar-refractivity contribution in [1.82, 2.24) is 14.7 Å². The Balaban J connectivity index is 2.43. The van der Waals surface area contributed by atoms with Crippen molar-refractivity contribution >= 4 is 11.6 Å². The van der Waals surface area contributed by atoms with Gasteiger partial charge in [-0.3, -0.25) is 9.20 Å². The van der Waals surface area contributed by atoms with Crippen molar-refractivity contribution in [3.63, 3.8) is 0 Å². The Bertz CT molecular complexity index is 604. The van der Waals surface area contributed by atoms with Gasteiger partial charge in [0.2, 0.25) is 0 Å². The number of carbonyl (C=O) groups is 1. The Kier molecular flexibility index (Phi) is 3.71. The van der Waals surface area contributed by atoms with Gasteiger partial charge in [-0.15, -0.1) is 0 Å². The molecule has 0 radical (unpaired) electrons. The zero-order valence-electron chi connectivity index (χ0n) is 11.2. The summed E-state index contributed by atoms with van der Waals surface area (Å²) in [6, 6.07) is 3.58. The minimum absolute atomic E-state index is 0.204. The van der Waals surface area contributed by atoms with Crippen LogP contribution >= 0.6 is 0 Å². The van der Waals surface area contributed by atoms with Crippen molar-refractivity contribution in [2.75, 3.05) is 13.7 Å². The van der Waals surface area contributed by atoms with Gasteiger partial charge < -0.3 is 15.2 Å². The maximum Gasteiger partial charge on any atom is 0.270 e. The largest absolute Gasteiger partial charge is 0.493 e. The summed E-state index contributed by atoms with van der Waals surface area (Å²) in [5.74, 6) is 0.347. The molecule has 0 spiro atoms. The van der Waals surface area contributed by atoms with E-state index in [0.29, 0.717) is 22.8 Å². The number of aliphatic hydroxyl groups is 1. The molecule has 0 aliphatic heterocycles. The van der Waals surface area contributed by atoms with E-state index in [-0.39, 0.29) is 12.5 Å². The number of hydrogen-bond acceptors (Lipinski definition) is 4. The number of aliphatic hydroxyl groups excluding tert-OH is 1. The number of aryl methyl sites for hydroxylation is 1. The van der Waals surface area contributed by atoms with E-state index in [1.165, 1.54) is 0 Å². The molecule has 0 fully saturated rings. The fraction of sp³-hybridized carbons (Fsp3) is 0.385. The lowest BCUT2D eigenvalue weighted by Crippen LogP contribution is -2.31. The predicted molar refractivity (Wildman–Crippen MR) is 70.5 cm³/mol. The molecule has 19 heavy (non-hydrogen) atoms. The topological polar surface area (TPSA) is 75.9 Å². The molecule has 0 aromatic carbocycles. The van der Waals surface area contributed by atoms with Crippen LogP contribution in [0.3, 0.4) is 0 Å². The summed E-state index contributed by atoms with van der Waals surface area (Å²) >= 11 is 0. The number of fused-ring (bicyclic) bond motifs is 1. The van der Waals surface area contributed by atoms with Gasteiger partial charge in [-0.25, -0.2) is 4.98 Å². The zero-order chi connectivity index (χ0) is 14.0. The lowest BCUT2D eigenvalue weighted by atomic mass is 10.3. The molecule has 6 nitrogen and oxygen atoms in total. The monoisotopic (exact) mass is 263 g/mol. The quantitative estimate of drug-likeness (QED) is 0.854. The molecule has 0 saturated carbocycles. The van der Waals surface area contributed by atoms with Crippen LogP contribution in [0.2, 0.25) is 0 Å². The highest BCUT2D eigenvalue weighted by atomic mass is 16.5. The molecule has 1 amide bonds. The maximum absolute atomic E-state index is 12.1. The molecule has 0 aliphatic carbocycles. The van der Waals surface area contributed by atoms with Crippen LogP contribution in [0, 0.1) is 6.92 Å². The average molecular weight is 263 g/mol. The molecule has 0 saturated heterocycles. The van der Waals surface area contributed by atoms with Gasteiger partial charge in [0.1, 0.15) is 5.69 Å². The number of pyridine rings is 1. The molecule has 2 rings (SSSR count). The van der Waals surface area contributed by atoms with Crippen LogP contribution < -0.4 is 10.1 Å². The lowest BCUT2D eigenvalue weighted by molar-refractivity contribution is 0.0917. The van der Waals surface area contributed by atoms with Gasteiger partial charge in [0, 0.05) is 12.7 Å². The number of nitrogens with one attached hydrogen (secondary N) is 1. The fourth-order valence-electron chi connectivity index (χ4n) is 1.91. The van der Waals surface area contributed by atoms with E-state index in [4.69, 9.17) is 4.74 Å². The number of amides is 1. The Morgan fingerprint density at radius 1 is 1.63 bits per heavy atom. The molecule has 0 bridgehead atoms. The van der Waals surface area contributed by atoms with Gasteiger partial charge in [-0.2, -0.15) is 0 Å². The number of carbonyl (C=O) groups excluding carboxylic acids is 1. The van der Waals surface area contributed by atoms with Crippen LogP contribution in [0.4, 0.5) is 0 Å². The third kappa shape index (κ3) is 2.53. The van der Waals surface area contributed by atoms with Crippen LogP contribution in [0.15, 0.2) is 18.3 Å². The lowest BCUT2D eigenvalue weighted by Gasteiger charge is -2.08. The van der Waals surface area contributed by atoms with Crippen LogP contribution in [0.25, 0.3) is 5.65 Å². The number of aromatic nitrogens is 2. The minimum Gasteiger partial charge on any atom is -0.493 e. The summed E-state index contributed by atoms with van der Waals surface area (Å²) < 4.78 is 6.90. The van der Waals surface area contributed by atoms with Gasteiger partial charge in [0.05, 0.1) is 18.9 Å². The SMILES string of the molecule is COc1cccn2c(C(=O)NCC(C)O)c(C)nc12. The van der Waals surface area contributed by atoms with E-state index in [0.717, 1.165) is 0 Å². The van der Waals surface area contributed by atoms with E-state index in [2.05, 4.69) is 10.3 Å². The molecule has 2 aromatic heterocycles. The van der Waals surface area contributed by atoms with Gasteiger partial charge in [-0.05, 0) is 26.0 Å². The van der Waals surface area contributed by atoms with Crippen molar-refractivity contribution in [2.45, 2.75) is 20.0 Å². The van der Waals surface area contributed by atoms with E-state index in [9.17, 15) is 9.90 Å². The van der Waals surface area contributed by atoms with Gasteiger partial charge >= 0.3 is 0 Å². The number of imidazole rings is 1. The van der Waals surface area contributed by atoms with Crippen LogP contribution in [-0.2, 0) is 0 Å². The third-order valence-corrected chi connectivity index (χ3v) is 2.78. The summed E-state index contributed by atoms with van der Waals surface area (Å²) in [7, 11) is 1.56. The molecule has 2 aromatic rings. The van der Waals surface area contributed by atoms with Crippen LogP contribution in [-0.4, -0.2) is 40.2 Å². The van der Waals surface area contributed by atoms with E-state index < -0.39 is 6.10 Å². The number of rotatable bonds is 4. The highest BCUT2D eigenvalue weighted by Crippen LogP contribution is 2.21. The van der Waals surface area contributed by atoms with Crippen LogP contribution in [0.5, 0.6) is 5.75 Å². The molecule has 2 heterocycles. The van der Waals surface area contributed by atoms with Gasteiger partial charge in [0.25, 0.3) is 5.91 Å². The fourth-order valence-corrected chi connectivity index (χ4v) is 1.91. The highest BCUT2D eigenvalue weighted by molar-refractivity contribution is 5.95. The predicted octanol–water partition coefficient (Wildman–Crippen LogP) is 0.762. The van der Waals surface area contributed by atoms with Crippen molar-refractivity contribution in [1.29, 1.82) is 0 Å². The summed E-state index contributed by atoms with van der Waals surface area (Å²) in [5.41, 5.74) is 1.67. The molecule has 6 heteroatoms. The van der Waals surface area contributed by atoms with E-state index in [1.54, 1.807) is 43.7 Å². The summed E-state index contributed by atoms with van der Waals surface area (Å²) in [6.45, 7) is 3.59. The maximum atomic E-state index is 12.1. The standard InChI is InChI=1S/C13H17N3O3/c1-8(17)7-14-13(18)11-9(2)15-12-10(19-3)5-4-6-16(11)12/h4-6,8,17H,7H2,1-3H3,(H,14,18). The second-order valence-corrected chi connectivity index (χ2v) is 4.38. The van der Waals surface area contributed by atoms with Crippen LogP contribution in [0.1, 0.15) is 23.1 Å². The summed E-state index contributed by atoms with van der Waals surface area (Å²) in [5, 5.41) is 11.9. The first-order valence-electron chi connectivity index (χ1n) is 6.02. The molecule has 1 atom stereocenters. The highest BCUT2D eigenvalue weighted by Gasteiger charge is 2.18. The van der Waals surface area contributed by atoms with Crippen molar-refractivity contribution in [3.8, 4) is 5.75 Å². The molecule has 0 aliphatic rings. The van der Waals surface area contributed by atoms with E-state index in [1.807, 2.05) is 0 Å². The molecule has 2 N–H and O–H groups in total. The van der Waals surface area contributed by atoms with Gasteiger partial charge in [0.15, 0.2) is 11.4 Å². The normalized spacial score (nSPS) is 12.4. The molecular formula is C13H17N3O3. The minimum atomic E-state index is -0.585. The zero-order valence-corrected chi connectivity index (χ0v) is 11.2. The Hall–Kier alpha value is -2.08. The number of hydrogen-bond donors (Lipinski definition) is 2. The number of ether oxygens (including phenoxy) is 1. The first-order valence-corrected chi connectivity index (χ1v) is 6.02. The Morgan fingerprint density at radius 2 is 2.37 bits per heavy atom. The van der Waals surface area contributed by atoms with Crippen molar-refractivity contribution in [2.24, 2.45) is 0 Å². The van der Waals surface area contributed by atoms with Crippen molar-refractivity contribution < 1.29 is 14.6 Å². The average Bonchev–Trinajstić information content (AvgIpc) is 2.71. The molecular weight excluding hydrogens is 246 g/mol. The first-order chi connectivity index (χ1) is 9.04. The second kappa shape index (κ2) is 5.27. The van der Waals surface area contributed by atoms with E-state index >= 15 is 0 Å². The Labute approximate surface area is 111 Å². The number of nitrogens with zero attached hydrogens (tertiary/aromatic N) is 2. The third-order valence-electron chi connectivity index (χ3n) is 2.78. The summed E-state index contributed by atoms with van der Waals surface area (Å²) in [6.07, 6.45) is 1.17. The Morgan fingerprint density at radius 3 is 3.00 bits per heavy atom. The molecule has 1 unspecified atom stereocenters. The van der Waals surface area contributed by atoms with Crippen molar-refractivity contribution in [3.05, 3.63) is 29.7 Å². The first kappa shape index (κ1) is 13.4.